The number of carbonyl (C=O) groups is 1. The fourth-order valence-corrected chi connectivity index (χ4v) is 3.16. The van der Waals surface area contributed by atoms with Crippen molar-refractivity contribution in [2.45, 2.75) is 45.6 Å². The Labute approximate surface area is 105 Å². The van der Waals surface area contributed by atoms with Crippen molar-refractivity contribution in [3.05, 3.63) is 10.6 Å². The van der Waals surface area contributed by atoms with Gasteiger partial charge in [0.2, 0.25) is 0 Å². The first kappa shape index (κ1) is 12.4. The molecule has 1 aliphatic heterocycles. The minimum absolute atomic E-state index is 0.401. The molecule has 0 amide bonds. The second kappa shape index (κ2) is 5.04. The molecule has 1 aromatic heterocycles. The highest BCUT2D eigenvalue weighted by atomic mass is 32.1. The van der Waals surface area contributed by atoms with E-state index in [0.717, 1.165) is 43.1 Å². The molecular weight excluding hydrogens is 236 g/mol. The zero-order chi connectivity index (χ0) is 12.4. The van der Waals surface area contributed by atoms with Gasteiger partial charge in [-0.1, -0.05) is 12.8 Å². The Bertz CT molecular complexity index is 397. The number of rotatable bonds is 2. The number of aromatic nitrogens is 1. The number of anilines is 1. The van der Waals surface area contributed by atoms with Crippen LogP contribution in [0.5, 0.6) is 0 Å². The Morgan fingerprint density at radius 2 is 2.18 bits per heavy atom. The van der Waals surface area contributed by atoms with Crippen molar-refractivity contribution in [2.75, 3.05) is 11.4 Å². The highest BCUT2D eigenvalue weighted by molar-refractivity contribution is 7.15. The van der Waals surface area contributed by atoms with E-state index in [4.69, 9.17) is 0 Å². The van der Waals surface area contributed by atoms with Crippen molar-refractivity contribution in [3.8, 4) is 0 Å². The van der Waals surface area contributed by atoms with Crippen LogP contribution in [0.1, 0.15) is 36.3 Å². The fourth-order valence-electron chi connectivity index (χ4n) is 2.17. The molecule has 2 heterocycles. The summed E-state index contributed by atoms with van der Waals surface area (Å²) in [5, 5.41) is 10.2. The number of aryl methyl sites for hydroxylation is 2. The summed E-state index contributed by atoms with van der Waals surface area (Å²) >= 11 is 1.60. The van der Waals surface area contributed by atoms with E-state index in [1.807, 2.05) is 18.7 Å². The largest absolute Gasteiger partial charge is 0.480 e. The molecule has 1 N–H and O–H groups in total. The van der Waals surface area contributed by atoms with Gasteiger partial charge in [0.15, 0.2) is 5.13 Å². The molecule has 5 heteroatoms. The highest BCUT2D eigenvalue weighted by Crippen LogP contribution is 2.30. The summed E-state index contributed by atoms with van der Waals surface area (Å²) in [4.78, 5) is 19.0. The van der Waals surface area contributed by atoms with Crippen LogP contribution in [-0.2, 0) is 4.79 Å². The Hall–Kier alpha value is -1.10. The predicted octanol–water partition coefficient (Wildman–Crippen LogP) is 2.59. The zero-order valence-corrected chi connectivity index (χ0v) is 11.1. The highest BCUT2D eigenvalue weighted by Gasteiger charge is 2.29. The molecule has 0 saturated carbocycles. The maximum absolute atomic E-state index is 11.3. The molecule has 1 atom stereocenters. The third kappa shape index (κ3) is 2.60. The van der Waals surface area contributed by atoms with Gasteiger partial charge >= 0.3 is 5.97 Å². The molecule has 1 unspecified atom stereocenters. The molecule has 4 nitrogen and oxygen atoms in total. The molecule has 2 rings (SSSR count). The average molecular weight is 254 g/mol. The van der Waals surface area contributed by atoms with E-state index in [2.05, 4.69) is 4.98 Å². The van der Waals surface area contributed by atoms with E-state index in [1.165, 1.54) is 4.88 Å². The first-order chi connectivity index (χ1) is 8.09. The minimum atomic E-state index is -0.725. The SMILES string of the molecule is Cc1nc(N2CCCCCC2C(=O)O)sc1C. The first-order valence-corrected chi connectivity index (χ1v) is 6.84. The van der Waals surface area contributed by atoms with Gasteiger partial charge in [0.25, 0.3) is 0 Å². The molecule has 1 aromatic rings. The number of carboxylic acids is 1. The van der Waals surface area contributed by atoms with Gasteiger partial charge in [0, 0.05) is 11.4 Å². The van der Waals surface area contributed by atoms with E-state index in [-0.39, 0.29) is 0 Å². The zero-order valence-electron chi connectivity index (χ0n) is 10.3. The molecule has 0 aromatic carbocycles. The Morgan fingerprint density at radius 1 is 1.41 bits per heavy atom. The fraction of sp³-hybridized carbons (Fsp3) is 0.667. The van der Waals surface area contributed by atoms with Crippen LogP contribution in [0.15, 0.2) is 0 Å². The van der Waals surface area contributed by atoms with Gasteiger partial charge in [-0.2, -0.15) is 0 Å². The van der Waals surface area contributed by atoms with Gasteiger partial charge in [-0.25, -0.2) is 9.78 Å². The third-order valence-corrected chi connectivity index (χ3v) is 4.41. The second-order valence-corrected chi connectivity index (χ2v) is 5.72. The van der Waals surface area contributed by atoms with Crippen LogP contribution in [0.4, 0.5) is 5.13 Å². The molecule has 1 fully saturated rings. The van der Waals surface area contributed by atoms with Crippen LogP contribution in [0.25, 0.3) is 0 Å². The van der Waals surface area contributed by atoms with Crippen LogP contribution in [0, 0.1) is 13.8 Å². The normalized spacial score (nSPS) is 21.3. The summed E-state index contributed by atoms with van der Waals surface area (Å²) < 4.78 is 0. The average Bonchev–Trinajstić information content (AvgIpc) is 2.53. The lowest BCUT2D eigenvalue weighted by atomic mass is 10.1. The van der Waals surface area contributed by atoms with Gasteiger partial charge in [-0.15, -0.1) is 11.3 Å². The number of nitrogens with zero attached hydrogens (tertiary/aromatic N) is 2. The lowest BCUT2D eigenvalue weighted by Gasteiger charge is -2.26. The molecule has 0 radical (unpaired) electrons. The topological polar surface area (TPSA) is 53.4 Å². The molecule has 0 spiro atoms. The molecule has 0 bridgehead atoms. The van der Waals surface area contributed by atoms with Gasteiger partial charge in [0.05, 0.1) is 5.69 Å². The molecule has 17 heavy (non-hydrogen) atoms. The van der Waals surface area contributed by atoms with Crippen molar-refractivity contribution in [1.82, 2.24) is 4.98 Å². The van der Waals surface area contributed by atoms with Gasteiger partial charge in [0.1, 0.15) is 6.04 Å². The van der Waals surface area contributed by atoms with Crippen molar-refractivity contribution in [1.29, 1.82) is 0 Å². The number of hydrogen-bond donors (Lipinski definition) is 1. The molecule has 94 valence electrons. The maximum atomic E-state index is 11.3. The summed E-state index contributed by atoms with van der Waals surface area (Å²) in [5.41, 5.74) is 1.01. The summed E-state index contributed by atoms with van der Waals surface area (Å²) in [6.07, 6.45) is 3.90. The summed E-state index contributed by atoms with van der Waals surface area (Å²) in [6.45, 7) is 4.82. The minimum Gasteiger partial charge on any atom is -0.480 e. The van der Waals surface area contributed by atoms with Crippen molar-refractivity contribution < 1.29 is 9.90 Å². The smallest absolute Gasteiger partial charge is 0.326 e. The summed E-state index contributed by atoms with van der Waals surface area (Å²) in [7, 11) is 0. The number of thiazole rings is 1. The van der Waals surface area contributed by atoms with Gasteiger partial charge < -0.3 is 10.0 Å². The van der Waals surface area contributed by atoms with Crippen molar-refractivity contribution >= 4 is 22.4 Å². The Balaban J connectivity index is 2.28. The molecule has 1 saturated heterocycles. The quantitative estimate of drug-likeness (QED) is 0.881. The lowest BCUT2D eigenvalue weighted by molar-refractivity contribution is -0.138. The van der Waals surface area contributed by atoms with Crippen molar-refractivity contribution in [2.24, 2.45) is 0 Å². The van der Waals surface area contributed by atoms with Crippen LogP contribution in [0.2, 0.25) is 0 Å². The number of hydrogen-bond acceptors (Lipinski definition) is 4. The van der Waals surface area contributed by atoms with Gasteiger partial charge in [-0.05, 0) is 26.7 Å². The Morgan fingerprint density at radius 3 is 2.76 bits per heavy atom. The molecule has 1 aliphatic rings. The van der Waals surface area contributed by atoms with Crippen molar-refractivity contribution in [3.63, 3.8) is 0 Å². The summed E-state index contributed by atoms with van der Waals surface area (Å²) in [5.74, 6) is -0.725. The maximum Gasteiger partial charge on any atom is 0.326 e. The van der Waals surface area contributed by atoms with Gasteiger partial charge in [-0.3, -0.25) is 0 Å². The first-order valence-electron chi connectivity index (χ1n) is 6.03. The second-order valence-electron chi connectivity index (χ2n) is 4.53. The van der Waals surface area contributed by atoms with E-state index >= 15 is 0 Å². The number of aliphatic carboxylic acids is 1. The monoisotopic (exact) mass is 254 g/mol. The lowest BCUT2D eigenvalue weighted by Crippen LogP contribution is -2.40. The van der Waals surface area contributed by atoms with E-state index in [0.29, 0.717) is 0 Å². The van der Waals surface area contributed by atoms with E-state index in [1.54, 1.807) is 11.3 Å². The van der Waals surface area contributed by atoms with E-state index < -0.39 is 12.0 Å². The van der Waals surface area contributed by atoms with Crippen LogP contribution in [0.3, 0.4) is 0 Å². The van der Waals surface area contributed by atoms with Crippen LogP contribution in [-0.4, -0.2) is 28.6 Å². The molecule has 0 aliphatic carbocycles. The third-order valence-electron chi connectivity index (χ3n) is 3.30. The standard InChI is InChI=1S/C12H18N2O2S/c1-8-9(2)17-12(13-8)14-7-5-3-4-6-10(14)11(15)16/h10H,3-7H2,1-2H3,(H,15,16). The van der Waals surface area contributed by atoms with Crippen LogP contribution >= 0.6 is 11.3 Å². The van der Waals surface area contributed by atoms with E-state index in [9.17, 15) is 9.90 Å². The Kier molecular flexibility index (Phi) is 3.66. The predicted molar refractivity (Wildman–Crippen MR) is 68.8 cm³/mol. The number of carboxylic acid groups (broad SMARTS) is 1. The summed E-state index contributed by atoms with van der Waals surface area (Å²) in [6, 6.07) is -0.401. The van der Waals surface area contributed by atoms with Crippen LogP contribution < -0.4 is 4.90 Å². The molecular formula is C12H18N2O2S.